The van der Waals surface area contributed by atoms with Gasteiger partial charge in [-0.3, -0.25) is 4.98 Å². The fraction of sp³-hybridized carbons (Fsp3) is 0.182. The second kappa shape index (κ2) is 7.24. The van der Waals surface area contributed by atoms with Crippen LogP contribution < -0.4 is 24.7 Å². The minimum absolute atomic E-state index is 0.0417. The molecule has 0 bridgehead atoms. The zero-order chi connectivity index (χ0) is 20.5. The molecule has 7 heteroatoms. The average molecular weight is 389 g/mol. The fourth-order valence-corrected chi connectivity index (χ4v) is 3.73. The topological polar surface area (TPSA) is 99.6 Å². The van der Waals surface area contributed by atoms with Gasteiger partial charge in [-0.05, 0) is 12.1 Å². The van der Waals surface area contributed by atoms with Crippen molar-refractivity contribution in [2.24, 2.45) is 5.73 Å². The summed E-state index contributed by atoms with van der Waals surface area (Å²) in [7, 11) is 4.63. The summed E-state index contributed by atoms with van der Waals surface area (Å²) in [6.45, 7) is 0. The van der Waals surface area contributed by atoms with Crippen LogP contribution in [0.4, 0.5) is 0 Å². The molecule has 2 aromatic carbocycles. The van der Waals surface area contributed by atoms with Crippen molar-refractivity contribution in [3.05, 3.63) is 65.2 Å². The first-order valence-electron chi connectivity index (χ1n) is 8.88. The number of benzene rings is 2. The monoisotopic (exact) mass is 389 g/mol. The summed E-state index contributed by atoms with van der Waals surface area (Å²) in [5.74, 6) is 1.49. The number of nitriles is 1. The van der Waals surface area contributed by atoms with Crippen LogP contribution in [0.15, 0.2) is 54.1 Å². The molecule has 0 aliphatic carbocycles. The van der Waals surface area contributed by atoms with Gasteiger partial charge in [-0.15, -0.1) is 0 Å². The minimum atomic E-state index is -0.509. The van der Waals surface area contributed by atoms with Crippen molar-refractivity contribution in [2.45, 2.75) is 5.92 Å². The maximum absolute atomic E-state index is 9.84. The highest BCUT2D eigenvalue weighted by molar-refractivity contribution is 5.87. The fourth-order valence-electron chi connectivity index (χ4n) is 3.73. The molecule has 0 fully saturated rings. The third-order valence-electron chi connectivity index (χ3n) is 5.00. The predicted molar refractivity (Wildman–Crippen MR) is 107 cm³/mol. The molecule has 0 amide bonds. The maximum Gasteiger partial charge on any atom is 0.205 e. The first-order valence-corrected chi connectivity index (χ1v) is 8.88. The molecular weight excluding hydrogens is 370 g/mol. The van der Waals surface area contributed by atoms with E-state index in [-0.39, 0.29) is 5.88 Å². The zero-order valence-electron chi connectivity index (χ0n) is 16.2. The van der Waals surface area contributed by atoms with Gasteiger partial charge in [-0.2, -0.15) is 5.26 Å². The molecule has 146 valence electrons. The van der Waals surface area contributed by atoms with Crippen LogP contribution in [0.1, 0.15) is 17.0 Å². The van der Waals surface area contributed by atoms with Crippen LogP contribution in [0.5, 0.6) is 23.0 Å². The van der Waals surface area contributed by atoms with E-state index >= 15 is 0 Å². The van der Waals surface area contributed by atoms with Gasteiger partial charge in [-0.25, -0.2) is 0 Å². The van der Waals surface area contributed by atoms with Gasteiger partial charge in [0.15, 0.2) is 17.2 Å². The first kappa shape index (κ1) is 18.4. The van der Waals surface area contributed by atoms with Crippen LogP contribution in [0, 0.1) is 11.3 Å². The number of hydrogen-bond acceptors (Lipinski definition) is 7. The quantitative estimate of drug-likeness (QED) is 0.729. The molecule has 0 spiro atoms. The highest BCUT2D eigenvalue weighted by Crippen LogP contribution is 2.50. The van der Waals surface area contributed by atoms with Gasteiger partial charge < -0.3 is 24.7 Å². The molecule has 1 aliphatic rings. The van der Waals surface area contributed by atoms with E-state index in [9.17, 15) is 5.26 Å². The van der Waals surface area contributed by atoms with Gasteiger partial charge in [0.1, 0.15) is 17.2 Å². The molecule has 1 unspecified atom stereocenters. The lowest BCUT2D eigenvalue weighted by atomic mass is 9.82. The lowest BCUT2D eigenvalue weighted by molar-refractivity contribution is 0.321. The van der Waals surface area contributed by atoms with E-state index in [1.165, 1.54) is 7.11 Å². The van der Waals surface area contributed by atoms with Crippen molar-refractivity contribution >= 4 is 10.9 Å². The molecule has 4 rings (SSSR count). The summed E-state index contributed by atoms with van der Waals surface area (Å²) in [6, 6.07) is 13.5. The van der Waals surface area contributed by atoms with Gasteiger partial charge in [0, 0.05) is 22.7 Å². The van der Waals surface area contributed by atoms with Crippen LogP contribution in [-0.2, 0) is 0 Å². The second-order valence-corrected chi connectivity index (χ2v) is 6.41. The predicted octanol–water partition coefficient (Wildman–Crippen LogP) is 3.48. The number of hydrogen-bond donors (Lipinski definition) is 1. The molecule has 0 saturated carbocycles. The molecule has 1 atom stereocenters. The molecule has 0 saturated heterocycles. The number of allylic oxidation sites excluding steroid dienone is 1. The Labute approximate surface area is 167 Å². The Morgan fingerprint density at radius 3 is 2.45 bits per heavy atom. The summed E-state index contributed by atoms with van der Waals surface area (Å²) in [6.07, 6.45) is 1.69. The Morgan fingerprint density at radius 2 is 1.76 bits per heavy atom. The van der Waals surface area contributed by atoms with Crippen LogP contribution in [0.25, 0.3) is 10.9 Å². The molecule has 29 heavy (non-hydrogen) atoms. The third-order valence-corrected chi connectivity index (χ3v) is 5.00. The van der Waals surface area contributed by atoms with Gasteiger partial charge in [0.25, 0.3) is 0 Å². The van der Waals surface area contributed by atoms with Gasteiger partial charge in [-0.1, -0.05) is 24.3 Å². The van der Waals surface area contributed by atoms with Gasteiger partial charge >= 0.3 is 0 Å². The van der Waals surface area contributed by atoms with E-state index in [0.29, 0.717) is 39.7 Å². The van der Waals surface area contributed by atoms with Crippen molar-refractivity contribution in [1.29, 1.82) is 5.26 Å². The van der Waals surface area contributed by atoms with Crippen molar-refractivity contribution < 1.29 is 18.9 Å². The Morgan fingerprint density at radius 1 is 1.00 bits per heavy atom. The van der Waals surface area contributed by atoms with E-state index in [1.54, 1.807) is 26.5 Å². The van der Waals surface area contributed by atoms with Crippen molar-refractivity contribution in [1.82, 2.24) is 4.98 Å². The summed E-state index contributed by atoms with van der Waals surface area (Å²) >= 11 is 0. The second-order valence-electron chi connectivity index (χ2n) is 6.41. The minimum Gasteiger partial charge on any atom is -0.493 e. The molecule has 2 heterocycles. The Hall–Kier alpha value is -3.92. The van der Waals surface area contributed by atoms with E-state index in [4.69, 9.17) is 24.7 Å². The number of pyridine rings is 1. The zero-order valence-corrected chi connectivity index (χ0v) is 16.2. The third kappa shape index (κ3) is 2.77. The Balaban J connectivity index is 2.04. The van der Waals surface area contributed by atoms with Gasteiger partial charge in [0.2, 0.25) is 11.6 Å². The summed E-state index contributed by atoms with van der Waals surface area (Å²) in [5, 5.41) is 10.8. The molecular formula is C22H19N3O4. The number of ether oxygens (including phenoxy) is 4. The normalized spacial score (nSPS) is 15.3. The summed E-state index contributed by atoms with van der Waals surface area (Å²) in [4.78, 5) is 4.45. The SMILES string of the molecule is COc1ccc(C2C(C#N)=C(N)Oc3c2ccc2cccnc32)c(OC)c1OC. The first-order chi connectivity index (χ1) is 14.1. The molecule has 7 nitrogen and oxygen atoms in total. The molecule has 1 aliphatic heterocycles. The Bertz CT molecular complexity index is 1180. The number of rotatable bonds is 4. The lowest BCUT2D eigenvalue weighted by Crippen LogP contribution is -2.22. The molecule has 0 radical (unpaired) electrons. The van der Waals surface area contributed by atoms with Crippen LogP contribution >= 0.6 is 0 Å². The maximum atomic E-state index is 9.84. The molecule has 3 aromatic rings. The number of nitrogens with two attached hydrogens (primary N) is 1. The summed E-state index contributed by atoms with van der Waals surface area (Å²) in [5.41, 5.74) is 8.60. The summed E-state index contributed by atoms with van der Waals surface area (Å²) < 4.78 is 22.4. The highest BCUT2D eigenvalue weighted by Gasteiger charge is 2.35. The number of aromatic nitrogens is 1. The van der Waals surface area contributed by atoms with Crippen molar-refractivity contribution in [3.8, 4) is 29.1 Å². The van der Waals surface area contributed by atoms with Crippen LogP contribution in [0.3, 0.4) is 0 Å². The van der Waals surface area contributed by atoms with Crippen LogP contribution in [0.2, 0.25) is 0 Å². The Kier molecular flexibility index (Phi) is 4.61. The van der Waals surface area contributed by atoms with E-state index in [0.717, 1.165) is 10.9 Å². The number of fused-ring (bicyclic) bond motifs is 3. The van der Waals surface area contributed by atoms with Crippen molar-refractivity contribution in [2.75, 3.05) is 21.3 Å². The number of nitrogens with zero attached hydrogens (tertiary/aromatic N) is 2. The standard InChI is InChI=1S/C22H19N3O4/c1-26-16-9-8-14(20(27-2)21(16)28-3)17-13-7-6-12-5-4-10-25-18(12)19(13)29-22(24)15(17)11-23/h4-10,17H,24H2,1-3H3. The highest BCUT2D eigenvalue weighted by atomic mass is 16.5. The smallest absolute Gasteiger partial charge is 0.205 e. The van der Waals surface area contributed by atoms with E-state index in [2.05, 4.69) is 11.1 Å². The van der Waals surface area contributed by atoms with Gasteiger partial charge in [0.05, 0.1) is 27.2 Å². The molecule has 2 N–H and O–H groups in total. The average Bonchev–Trinajstić information content (AvgIpc) is 2.76. The largest absolute Gasteiger partial charge is 0.493 e. The lowest BCUT2D eigenvalue weighted by Gasteiger charge is -2.28. The van der Waals surface area contributed by atoms with Crippen LogP contribution in [-0.4, -0.2) is 26.3 Å². The van der Waals surface area contributed by atoms with E-state index in [1.807, 2.05) is 30.3 Å². The van der Waals surface area contributed by atoms with E-state index < -0.39 is 5.92 Å². The van der Waals surface area contributed by atoms with Crippen molar-refractivity contribution in [3.63, 3.8) is 0 Å². The number of methoxy groups -OCH3 is 3. The molecule has 1 aromatic heterocycles.